The van der Waals surface area contributed by atoms with Crippen molar-refractivity contribution in [3.8, 4) is 11.5 Å². The van der Waals surface area contributed by atoms with Crippen molar-refractivity contribution in [3.63, 3.8) is 0 Å². The Morgan fingerprint density at radius 3 is 2.10 bits per heavy atom. The standard InChI is InChI=1S/C42H49N3O5/c1-28-37(24-45-27-42(4)23-34(45)22-41(2,3)26-42)49-39(50-38(28)30-12-10-29(25-46)11-13-30)31-14-16-32(17-15-31)43-40(47)44-33-18-20-36(21-19-33)48-35-8-6-5-7-9-35/h5-21,28,34,37-39,46H,22-27H2,1-4H3,(H2,43,44,47)/t28-,34?,37+,38+,39+,42?/m0/s1. The summed E-state index contributed by atoms with van der Waals surface area (Å²) in [7, 11) is 0. The number of carbonyl (C=O) groups is 1. The zero-order valence-corrected chi connectivity index (χ0v) is 29.5. The molecule has 3 aliphatic rings. The van der Waals surface area contributed by atoms with E-state index in [1.165, 1.54) is 19.3 Å². The predicted molar refractivity (Wildman–Crippen MR) is 196 cm³/mol. The molecule has 8 nitrogen and oxygen atoms in total. The van der Waals surface area contributed by atoms with Crippen molar-refractivity contribution in [1.29, 1.82) is 0 Å². The van der Waals surface area contributed by atoms with E-state index < -0.39 is 6.29 Å². The van der Waals surface area contributed by atoms with E-state index in [4.69, 9.17) is 14.2 Å². The molecule has 2 unspecified atom stereocenters. The van der Waals surface area contributed by atoms with Gasteiger partial charge in [-0.1, -0.05) is 82.3 Å². The minimum atomic E-state index is -0.563. The fourth-order valence-electron chi connectivity index (χ4n) is 8.60. The molecule has 3 N–H and O–H groups in total. The van der Waals surface area contributed by atoms with Gasteiger partial charge in [0, 0.05) is 42.0 Å². The average Bonchev–Trinajstić information content (AvgIpc) is 3.34. The normalized spacial score (nSPS) is 27.4. The van der Waals surface area contributed by atoms with Crippen LogP contribution in [0.1, 0.15) is 76.0 Å². The number of nitrogens with one attached hydrogen (secondary N) is 2. The van der Waals surface area contributed by atoms with Gasteiger partial charge < -0.3 is 30.0 Å². The number of likely N-dealkylation sites (tertiary alicyclic amines) is 1. The summed E-state index contributed by atoms with van der Waals surface area (Å²) >= 11 is 0. The number of nitrogens with zero attached hydrogens (tertiary/aromatic N) is 1. The molecule has 0 aromatic heterocycles. The molecule has 6 atom stereocenters. The molecule has 7 rings (SSSR count). The van der Waals surface area contributed by atoms with E-state index in [-0.39, 0.29) is 30.8 Å². The van der Waals surface area contributed by atoms with Crippen LogP contribution in [0.5, 0.6) is 11.5 Å². The first kappa shape index (κ1) is 34.2. The fraction of sp³-hybridized carbons (Fsp3) is 0.405. The molecule has 2 heterocycles. The van der Waals surface area contributed by atoms with Gasteiger partial charge in [0.25, 0.3) is 0 Å². The maximum Gasteiger partial charge on any atom is 0.323 e. The maximum absolute atomic E-state index is 12.9. The number of rotatable bonds is 9. The Bertz CT molecular complexity index is 1750. The molecule has 2 aliphatic heterocycles. The lowest BCUT2D eigenvalue weighted by Gasteiger charge is -2.43. The first-order valence-corrected chi connectivity index (χ1v) is 17.8. The Morgan fingerprint density at radius 1 is 0.820 bits per heavy atom. The first-order valence-electron chi connectivity index (χ1n) is 17.8. The lowest BCUT2D eigenvalue weighted by Crippen LogP contribution is -2.46. The van der Waals surface area contributed by atoms with Crippen molar-refractivity contribution in [3.05, 3.63) is 120 Å². The van der Waals surface area contributed by atoms with Gasteiger partial charge in [0.15, 0.2) is 6.29 Å². The summed E-state index contributed by atoms with van der Waals surface area (Å²) in [4.78, 5) is 15.5. The van der Waals surface area contributed by atoms with Crippen molar-refractivity contribution in [2.45, 2.75) is 78.1 Å². The van der Waals surface area contributed by atoms with Gasteiger partial charge in [-0.2, -0.15) is 0 Å². The van der Waals surface area contributed by atoms with Crippen LogP contribution in [-0.2, 0) is 16.1 Å². The van der Waals surface area contributed by atoms with Crippen molar-refractivity contribution in [2.24, 2.45) is 16.7 Å². The van der Waals surface area contributed by atoms with Crippen LogP contribution in [0.4, 0.5) is 16.2 Å². The van der Waals surface area contributed by atoms with Crippen LogP contribution >= 0.6 is 0 Å². The zero-order chi connectivity index (χ0) is 34.9. The maximum atomic E-state index is 12.9. The van der Waals surface area contributed by atoms with Crippen LogP contribution in [-0.4, -0.2) is 41.3 Å². The minimum Gasteiger partial charge on any atom is -0.457 e. The number of carbonyl (C=O) groups excluding carboxylic acids is 1. The molecule has 2 amide bonds. The Labute approximate surface area is 295 Å². The number of benzene rings is 4. The SMILES string of the molecule is C[C@H]1[C@@H](CN2CC3(C)CC2CC(C)(C)C3)O[C@@H](c2ccc(NC(=O)Nc3ccc(Oc4ccccc4)cc3)cc2)O[C@H]1c1ccc(CO)cc1. The number of para-hydroxylation sites is 1. The van der Waals surface area contributed by atoms with E-state index in [0.29, 0.717) is 34.0 Å². The number of aliphatic hydroxyl groups excluding tert-OH is 1. The zero-order valence-electron chi connectivity index (χ0n) is 29.5. The van der Waals surface area contributed by atoms with Crippen LogP contribution < -0.4 is 15.4 Å². The number of urea groups is 1. The summed E-state index contributed by atoms with van der Waals surface area (Å²) < 4.78 is 19.4. The van der Waals surface area contributed by atoms with E-state index in [0.717, 1.165) is 35.5 Å². The molecule has 2 saturated heterocycles. The molecular weight excluding hydrogens is 626 g/mol. The molecule has 50 heavy (non-hydrogen) atoms. The third-order valence-electron chi connectivity index (χ3n) is 10.6. The van der Waals surface area contributed by atoms with Gasteiger partial charge in [0.05, 0.1) is 18.8 Å². The molecule has 3 fully saturated rings. The number of ether oxygens (including phenoxy) is 3. The molecule has 8 heteroatoms. The highest BCUT2D eigenvalue weighted by molar-refractivity contribution is 5.99. The molecule has 0 spiro atoms. The fourth-order valence-corrected chi connectivity index (χ4v) is 8.60. The second-order valence-electron chi connectivity index (χ2n) is 15.6. The summed E-state index contributed by atoms with van der Waals surface area (Å²) in [6.45, 7) is 11.5. The molecule has 1 saturated carbocycles. The second-order valence-corrected chi connectivity index (χ2v) is 15.6. The van der Waals surface area contributed by atoms with Crippen LogP contribution in [0.15, 0.2) is 103 Å². The van der Waals surface area contributed by atoms with Gasteiger partial charge in [-0.25, -0.2) is 4.79 Å². The second kappa shape index (κ2) is 14.2. The largest absolute Gasteiger partial charge is 0.457 e. The van der Waals surface area contributed by atoms with E-state index in [1.54, 1.807) is 12.1 Å². The molecule has 0 radical (unpaired) electrons. The van der Waals surface area contributed by atoms with Crippen molar-refractivity contribution in [2.75, 3.05) is 23.7 Å². The Morgan fingerprint density at radius 2 is 1.44 bits per heavy atom. The van der Waals surface area contributed by atoms with Crippen LogP contribution in [0.3, 0.4) is 0 Å². The van der Waals surface area contributed by atoms with Gasteiger partial charge in [-0.3, -0.25) is 4.90 Å². The molecule has 4 aromatic carbocycles. The molecule has 262 valence electrons. The highest BCUT2D eigenvalue weighted by Gasteiger charge is 2.51. The smallest absolute Gasteiger partial charge is 0.323 e. The summed E-state index contributed by atoms with van der Waals surface area (Å²) in [6, 6.07) is 32.8. The van der Waals surface area contributed by atoms with E-state index in [9.17, 15) is 9.90 Å². The summed E-state index contributed by atoms with van der Waals surface area (Å²) in [5.74, 6) is 1.56. The van der Waals surface area contributed by atoms with Crippen LogP contribution in [0.2, 0.25) is 0 Å². The Balaban J connectivity index is 1.02. The van der Waals surface area contributed by atoms with Gasteiger partial charge >= 0.3 is 6.03 Å². The lowest BCUT2D eigenvalue weighted by molar-refractivity contribution is -0.276. The van der Waals surface area contributed by atoms with Gasteiger partial charge in [-0.05, 0) is 89.8 Å². The molecular formula is C42H49N3O5. The van der Waals surface area contributed by atoms with E-state index in [2.05, 4.69) is 55.4 Å². The summed E-state index contributed by atoms with van der Waals surface area (Å²) in [5, 5.41) is 15.4. The van der Waals surface area contributed by atoms with Gasteiger partial charge in [0.1, 0.15) is 11.5 Å². The van der Waals surface area contributed by atoms with Crippen molar-refractivity contribution >= 4 is 17.4 Å². The third-order valence-corrected chi connectivity index (χ3v) is 10.6. The van der Waals surface area contributed by atoms with Crippen molar-refractivity contribution in [1.82, 2.24) is 4.90 Å². The van der Waals surface area contributed by atoms with Crippen LogP contribution in [0.25, 0.3) is 0 Å². The number of amides is 2. The molecule has 2 bridgehead atoms. The minimum absolute atomic E-state index is 0.00951. The molecule has 4 aromatic rings. The van der Waals surface area contributed by atoms with Crippen molar-refractivity contribution < 1.29 is 24.1 Å². The number of hydrogen-bond donors (Lipinski definition) is 3. The quantitative estimate of drug-likeness (QED) is 0.164. The van der Waals surface area contributed by atoms with E-state index in [1.807, 2.05) is 78.9 Å². The Hall–Kier alpha value is -4.21. The lowest BCUT2D eigenvalue weighted by atomic mass is 9.65. The van der Waals surface area contributed by atoms with Crippen LogP contribution in [0, 0.1) is 16.7 Å². The molecule has 1 aliphatic carbocycles. The Kier molecular flexibility index (Phi) is 9.72. The topological polar surface area (TPSA) is 92.3 Å². The number of anilines is 2. The monoisotopic (exact) mass is 675 g/mol. The summed E-state index contributed by atoms with van der Waals surface area (Å²) in [5.41, 5.74) is 4.86. The highest BCUT2D eigenvalue weighted by atomic mass is 16.7. The first-order chi connectivity index (χ1) is 24.0. The number of fused-ring (bicyclic) bond motifs is 2. The highest BCUT2D eigenvalue weighted by Crippen LogP contribution is 2.53. The number of hydrogen-bond acceptors (Lipinski definition) is 6. The van der Waals surface area contributed by atoms with Gasteiger partial charge in [-0.15, -0.1) is 0 Å². The van der Waals surface area contributed by atoms with Gasteiger partial charge in [0.2, 0.25) is 0 Å². The number of aliphatic hydroxyl groups is 1. The summed E-state index contributed by atoms with van der Waals surface area (Å²) in [6.07, 6.45) is 2.95. The van der Waals surface area contributed by atoms with E-state index >= 15 is 0 Å². The average molecular weight is 676 g/mol. The third kappa shape index (κ3) is 7.89. The predicted octanol–water partition coefficient (Wildman–Crippen LogP) is 9.31.